The highest BCUT2D eigenvalue weighted by Crippen LogP contribution is 2.19. The molecule has 0 saturated carbocycles. The van der Waals surface area contributed by atoms with E-state index < -0.39 is 0 Å². The Hall–Kier alpha value is -0.450. The number of methoxy groups -OCH3 is 1. The van der Waals surface area contributed by atoms with Crippen LogP contribution in [0.1, 0.15) is 25.8 Å². The van der Waals surface area contributed by atoms with Crippen molar-refractivity contribution < 1.29 is 9.13 Å². The van der Waals surface area contributed by atoms with E-state index in [4.69, 9.17) is 4.74 Å². The normalized spacial score (nSPS) is 11.8. The lowest BCUT2D eigenvalue weighted by molar-refractivity contribution is 0.150. The van der Waals surface area contributed by atoms with E-state index in [9.17, 15) is 4.39 Å². The molecule has 0 heterocycles. The van der Waals surface area contributed by atoms with Gasteiger partial charge in [0.2, 0.25) is 0 Å². The second-order valence-corrected chi connectivity index (χ2v) is 6.16. The lowest BCUT2D eigenvalue weighted by Crippen LogP contribution is -2.30. The Bertz CT molecular complexity index is 382. The highest BCUT2D eigenvalue weighted by molar-refractivity contribution is 9.10. The molecule has 0 aliphatic rings. The largest absolute Gasteiger partial charge is 0.385 e. The number of hydrogen-bond donors (Lipinski definition) is 1. The van der Waals surface area contributed by atoms with Crippen LogP contribution in [0.2, 0.25) is 0 Å². The molecule has 0 fully saturated rings. The Balaban J connectivity index is 2.41. The maximum atomic E-state index is 13.6. The standard InChI is InChI=1S/C14H21BrFNO/c1-14(2,6-7-18-3)10-17-9-11-4-5-12(15)8-13(11)16/h4-5,8,17H,6-7,9-10H2,1-3H3. The Labute approximate surface area is 117 Å². The number of halogens is 2. The monoisotopic (exact) mass is 317 g/mol. The lowest BCUT2D eigenvalue weighted by Gasteiger charge is -2.24. The molecule has 0 aromatic heterocycles. The Kier molecular flexibility index (Phi) is 6.26. The molecule has 0 saturated heterocycles. The Morgan fingerprint density at radius 2 is 2.11 bits per heavy atom. The zero-order valence-electron chi connectivity index (χ0n) is 11.2. The van der Waals surface area contributed by atoms with Crippen molar-refractivity contribution in [3.05, 3.63) is 34.1 Å². The summed E-state index contributed by atoms with van der Waals surface area (Å²) in [5, 5.41) is 3.30. The average Bonchev–Trinajstić information content (AvgIpc) is 2.29. The van der Waals surface area contributed by atoms with Crippen molar-refractivity contribution in [2.75, 3.05) is 20.3 Å². The third-order valence-corrected chi connectivity index (χ3v) is 3.41. The van der Waals surface area contributed by atoms with Crippen molar-refractivity contribution >= 4 is 15.9 Å². The van der Waals surface area contributed by atoms with Crippen molar-refractivity contribution in [1.82, 2.24) is 5.32 Å². The molecular weight excluding hydrogens is 297 g/mol. The van der Waals surface area contributed by atoms with Crippen LogP contribution < -0.4 is 5.32 Å². The quantitative estimate of drug-likeness (QED) is 0.827. The summed E-state index contributed by atoms with van der Waals surface area (Å²) in [5.41, 5.74) is 0.850. The van der Waals surface area contributed by atoms with E-state index in [0.717, 1.165) is 24.0 Å². The van der Waals surface area contributed by atoms with E-state index in [1.807, 2.05) is 6.07 Å². The third kappa shape index (κ3) is 5.46. The van der Waals surface area contributed by atoms with E-state index in [2.05, 4.69) is 35.1 Å². The van der Waals surface area contributed by atoms with E-state index in [0.29, 0.717) is 12.1 Å². The van der Waals surface area contributed by atoms with Crippen LogP contribution in [-0.4, -0.2) is 20.3 Å². The molecule has 0 unspecified atom stereocenters. The zero-order chi connectivity index (χ0) is 13.6. The molecule has 0 bridgehead atoms. The predicted octanol–water partition coefficient (Wildman–Crippen LogP) is 3.74. The summed E-state index contributed by atoms with van der Waals surface area (Å²) in [6, 6.07) is 5.15. The number of ether oxygens (including phenoxy) is 1. The van der Waals surface area contributed by atoms with Gasteiger partial charge in [-0.25, -0.2) is 4.39 Å². The minimum atomic E-state index is -0.174. The van der Waals surface area contributed by atoms with Gasteiger partial charge in [0.15, 0.2) is 0 Å². The highest BCUT2D eigenvalue weighted by Gasteiger charge is 2.17. The molecule has 0 atom stereocenters. The van der Waals surface area contributed by atoms with Crippen LogP contribution in [0.15, 0.2) is 22.7 Å². The second-order valence-electron chi connectivity index (χ2n) is 5.25. The van der Waals surface area contributed by atoms with Crippen LogP contribution in [0.25, 0.3) is 0 Å². The zero-order valence-corrected chi connectivity index (χ0v) is 12.8. The predicted molar refractivity (Wildman–Crippen MR) is 76.1 cm³/mol. The summed E-state index contributed by atoms with van der Waals surface area (Å²) in [6.07, 6.45) is 0.985. The second kappa shape index (κ2) is 7.22. The van der Waals surface area contributed by atoms with Gasteiger partial charge in [0.1, 0.15) is 5.82 Å². The van der Waals surface area contributed by atoms with Gasteiger partial charge in [-0.05, 0) is 24.0 Å². The fourth-order valence-corrected chi connectivity index (χ4v) is 2.00. The Morgan fingerprint density at radius 3 is 2.72 bits per heavy atom. The van der Waals surface area contributed by atoms with Gasteiger partial charge < -0.3 is 10.1 Å². The van der Waals surface area contributed by atoms with Crippen molar-refractivity contribution in [1.29, 1.82) is 0 Å². The molecule has 0 radical (unpaired) electrons. The summed E-state index contributed by atoms with van der Waals surface area (Å²) in [4.78, 5) is 0. The SMILES string of the molecule is COCCC(C)(C)CNCc1ccc(Br)cc1F. The first-order valence-corrected chi connectivity index (χ1v) is 6.87. The average molecular weight is 318 g/mol. The molecule has 1 N–H and O–H groups in total. The molecule has 1 aromatic carbocycles. The fraction of sp³-hybridized carbons (Fsp3) is 0.571. The maximum absolute atomic E-state index is 13.6. The van der Waals surface area contributed by atoms with Crippen LogP contribution in [0.4, 0.5) is 4.39 Å². The molecule has 0 amide bonds. The van der Waals surface area contributed by atoms with Crippen LogP contribution in [-0.2, 0) is 11.3 Å². The number of hydrogen-bond acceptors (Lipinski definition) is 2. The summed E-state index contributed by atoms with van der Waals surface area (Å²) in [7, 11) is 1.71. The van der Waals surface area contributed by atoms with E-state index in [-0.39, 0.29) is 11.2 Å². The molecule has 1 aromatic rings. The molecular formula is C14H21BrFNO. The number of nitrogens with one attached hydrogen (secondary N) is 1. The van der Waals surface area contributed by atoms with E-state index >= 15 is 0 Å². The first-order chi connectivity index (χ1) is 8.44. The van der Waals surface area contributed by atoms with Gasteiger partial charge in [-0.3, -0.25) is 0 Å². The van der Waals surface area contributed by atoms with Crippen molar-refractivity contribution in [3.63, 3.8) is 0 Å². The van der Waals surface area contributed by atoms with Gasteiger partial charge >= 0.3 is 0 Å². The van der Waals surface area contributed by atoms with Gasteiger partial charge in [0.25, 0.3) is 0 Å². The van der Waals surface area contributed by atoms with Crippen LogP contribution in [0, 0.1) is 11.2 Å². The number of rotatable bonds is 7. The molecule has 0 aliphatic carbocycles. The summed E-state index contributed by atoms with van der Waals surface area (Å²) >= 11 is 3.25. The minimum absolute atomic E-state index is 0.155. The topological polar surface area (TPSA) is 21.3 Å². The molecule has 1 rings (SSSR count). The fourth-order valence-electron chi connectivity index (χ4n) is 1.67. The van der Waals surface area contributed by atoms with Gasteiger partial charge in [-0.1, -0.05) is 35.8 Å². The van der Waals surface area contributed by atoms with Crippen molar-refractivity contribution in [2.24, 2.45) is 5.41 Å². The van der Waals surface area contributed by atoms with Gasteiger partial charge in [0.05, 0.1) is 0 Å². The van der Waals surface area contributed by atoms with Crippen LogP contribution in [0.3, 0.4) is 0 Å². The lowest BCUT2D eigenvalue weighted by atomic mass is 9.89. The third-order valence-electron chi connectivity index (χ3n) is 2.92. The van der Waals surface area contributed by atoms with E-state index in [1.54, 1.807) is 13.2 Å². The molecule has 102 valence electrons. The summed E-state index contributed by atoms with van der Waals surface area (Å²) < 4.78 is 19.4. The molecule has 0 spiro atoms. The number of benzene rings is 1. The van der Waals surface area contributed by atoms with Crippen molar-refractivity contribution in [3.8, 4) is 0 Å². The van der Waals surface area contributed by atoms with Gasteiger partial charge in [0, 0.05) is 36.8 Å². The van der Waals surface area contributed by atoms with Crippen molar-refractivity contribution in [2.45, 2.75) is 26.8 Å². The minimum Gasteiger partial charge on any atom is -0.385 e. The molecule has 18 heavy (non-hydrogen) atoms. The maximum Gasteiger partial charge on any atom is 0.128 e. The first kappa shape index (κ1) is 15.6. The smallest absolute Gasteiger partial charge is 0.128 e. The van der Waals surface area contributed by atoms with Crippen LogP contribution in [0.5, 0.6) is 0 Å². The first-order valence-electron chi connectivity index (χ1n) is 6.08. The molecule has 0 aliphatic heterocycles. The summed E-state index contributed by atoms with van der Waals surface area (Å²) in [6.45, 7) is 6.50. The highest BCUT2D eigenvalue weighted by atomic mass is 79.9. The molecule has 2 nitrogen and oxygen atoms in total. The van der Waals surface area contributed by atoms with Crippen LogP contribution >= 0.6 is 15.9 Å². The van der Waals surface area contributed by atoms with Gasteiger partial charge in [-0.2, -0.15) is 0 Å². The van der Waals surface area contributed by atoms with E-state index in [1.165, 1.54) is 6.07 Å². The Morgan fingerprint density at radius 1 is 1.39 bits per heavy atom. The van der Waals surface area contributed by atoms with Gasteiger partial charge in [-0.15, -0.1) is 0 Å². The summed E-state index contributed by atoms with van der Waals surface area (Å²) in [5.74, 6) is -0.174. The molecule has 4 heteroatoms.